The summed E-state index contributed by atoms with van der Waals surface area (Å²) in [5, 5.41) is 5.90. The van der Waals surface area contributed by atoms with Gasteiger partial charge in [0, 0.05) is 38.3 Å². The number of piperazine rings is 1. The number of hydrogen-bond donors (Lipinski definition) is 2. The molecule has 0 bridgehead atoms. The number of nitrogens with zero attached hydrogens (tertiary/aromatic N) is 2. The minimum absolute atomic E-state index is 0.157. The summed E-state index contributed by atoms with van der Waals surface area (Å²) in [7, 11) is 0. The smallest absolute Gasteiger partial charge is 0.234 e. The average Bonchev–Trinajstić information content (AvgIpc) is 2.74. The van der Waals surface area contributed by atoms with Gasteiger partial charge < -0.3 is 10.2 Å². The maximum atomic E-state index is 12.1. The fourth-order valence-corrected chi connectivity index (χ4v) is 4.69. The van der Waals surface area contributed by atoms with E-state index in [0.717, 1.165) is 37.7 Å². The molecule has 3 fully saturated rings. The molecule has 3 heterocycles. The van der Waals surface area contributed by atoms with Crippen LogP contribution >= 0.6 is 0 Å². The number of amides is 2. The highest BCUT2D eigenvalue weighted by Crippen LogP contribution is 2.27. The molecular weight excluding hydrogens is 352 g/mol. The van der Waals surface area contributed by atoms with Crippen molar-refractivity contribution in [2.24, 2.45) is 5.92 Å². The zero-order valence-electron chi connectivity index (χ0n) is 16.7. The molecule has 1 aromatic rings. The van der Waals surface area contributed by atoms with E-state index in [2.05, 4.69) is 44.7 Å². The van der Waals surface area contributed by atoms with E-state index >= 15 is 0 Å². The van der Waals surface area contributed by atoms with Crippen molar-refractivity contribution in [2.75, 3.05) is 50.7 Å². The summed E-state index contributed by atoms with van der Waals surface area (Å²) in [5.41, 5.74) is 2.24. The van der Waals surface area contributed by atoms with Gasteiger partial charge in [-0.1, -0.05) is 12.1 Å². The Hall–Kier alpha value is -1.92. The predicted octanol–water partition coefficient (Wildman–Crippen LogP) is 1.72. The van der Waals surface area contributed by atoms with Crippen molar-refractivity contribution >= 4 is 17.5 Å². The lowest BCUT2D eigenvalue weighted by molar-refractivity contribution is -0.134. The van der Waals surface area contributed by atoms with Crippen LogP contribution in [0.4, 0.5) is 5.69 Å². The average molecular weight is 385 g/mol. The number of nitrogens with one attached hydrogen (secondary N) is 2. The second-order valence-corrected chi connectivity index (χ2v) is 8.41. The highest BCUT2D eigenvalue weighted by atomic mass is 16.2. The molecule has 1 atom stereocenters. The second-order valence-electron chi connectivity index (χ2n) is 8.41. The van der Waals surface area contributed by atoms with Gasteiger partial charge in [-0.25, -0.2) is 0 Å². The molecule has 0 aliphatic carbocycles. The number of piperidine rings is 2. The van der Waals surface area contributed by atoms with E-state index in [4.69, 9.17) is 0 Å². The summed E-state index contributed by atoms with van der Waals surface area (Å²) in [6.07, 6.45) is 5.04. The topological polar surface area (TPSA) is 64.7 Å². The van der Waals surface area contributed by atoms with E-state index in [-0.39, 0.29) is 17.7 Å². The molecule has 1 aromatic carbocycles. The van der Waals surface area contributed by atoms with Gasteiger partial charge in [0.25, 0.3) is 0 Å². The third-order valence-electron chi connectivity index (χ3n) is 6.58. The molecule has 3 aliphatic rings. The van der Waals surface area contributed by atoms with Gasteiger partial charge in [0.2, 0.25) is 11.8 Å². The van der Waals surface area contributed by atoms with E-state index in [1.54, 1.807) is 0 Å². The number of carbonyl (C=O) groups excluding carboxylic acids is 2. The number of anilines is 1. The lowest BCUT2D eigenvalue weighted by atomic mass is 9.90. The summed E-state index contributed by atoms with van der Waals surface area (Å²) in [6, 6.07) is 8.37. The van der Waals surface area contributed by atoms with Crippen LogP contribution in [0.3, 0.4) is 0 Å². The van der Waals surface area contributed by atoms with Crippen LogP contribution in [0.2, 0.25) is 0 Å². The Morgan fingerprint density at radius 1 is 0.929 bits per heavy atom. The Morgan fingerprint density at radius 2 is 1.64 bits per heavy atom. The summed E-state index contributed by atoms with van der Waals surface area (Å²) >= 11 is 0. The maximum absolute atomic E-state index is 12.1. The molecule has 3 aliphatic heterocycles. The van der Waals surface area contributed by atoms with Gasteiger partial charge >= 0.3 is 0 Å². The fraction of sp³-hybridized carbons (Fsp3) is 0.636. The van der Waals surface area contributed by atoms with Crippen molar-refractivity contribution in [3.05, 3.63) is 29.8 Å². The van der Waals surface area contributed by atoms with Crippen molar-refractivity contribution in [1.29, 1.82) is 0 Å². The number of carbonyl (C=O) groups is 2. The van der Waals surface area contributed by atoms with E-state index in [0.29, 0.717) is 12.8 Å². The van der Waals surface area contributed by atoms with Gasteiger partial charge in [0.05, 0.1) is 5.92 Å². The number of hydrogen-bond acceptors (Lipinski definition) is 5. The zero-order valence-corrected chi connectivity index (χ0v) is 16.7. The maximum Gasteiger partial charge on any atom is 0.234 e. The summed E-state index contributed by atoms with van der Waals surface area (Å²) < 4.78 is 0. The minimum Gasteiger partial charge on any atom is -0.369 e. The van der Waals surface area contributed by atoms with Gasteiger partial charge in [0.15, 0.2) is 0 Å². The van der Waals surface area contributed by atoms with E-state index in [9.17, 15) is 9.59 Å². The van der Waals surface area contributed by atoms with Crippen LogP contribution in [0.25, 0.3) is 0 Å². The molecule has 152 valence electrons. The normalized spacial score (nSPS) is 25.0. The quantitative estimate of drug-likeness (QED) is 0.757. The first-order valence-corrected chi connectivity index (χ1v) is 10.8. The van der Waals surface area contributed by atoms with Gasteiger partial charge in [-0.15, -0.1) is 0 Å². The van der Waals surface area contributed by atoms with Crippen LogP contribution in [-0.4, -0.2) is 62.5 Å². The molecule has 28 heavy (non-hydrogen) atoms. The highest BCUT2D eigenvalue weighted by Gasteiger charge is 2.28. The number of imide groups is 1. The fourth-order valence-electron chi connectivity index (χ4n) is 4.69. The number of rotatable bonds is 5. The van der Waals surface area contributed by atoms with Gasteiger partial charge in [-0.2, -0.15) is 0 Å². The van der Waals surface area contributed by atoms with Gasteiger partial charge in [-0.3, -0.25) is 19.8 Å². The zero-order chi connectivity index (χ0) is 19.3. The minimum atomic E-state index is -0.196. The Labute approximate surface area is 167 Å². The molecule has 2 N–H and O–H groups in total. The van der Waals surface area contributed by atoms with Crippen LogP contribution in [0.15, 0.2) is 24.3 Å². The van der Waals surface area contributed by atoms with Crippen molar-refractivity contribution in [2.45, 2.75) is 38.0 Å². The molecule has 2 amide bonds. The van der Waals surface area contributed by atoms with Crippen LogP contribution in [0.1, 0.15) is 43.6 Å². The molecule has 0 saturated carbocycles. The Morgan fingerprint density at radius 3 is 2.32 bits per heavy atom. The van der Waals surface area contributed by atoms with Crippen LogP contribution in [-0.2, 0) is 9.59 Å². The Bertz CT molecular complexity index is 676. The molecule has 0 spiro atoms. The third-order valence-corrected chi connectivity index (χ3v) is 6.58. The molecule has 3 saturated heterocycles. The lowest BCUT2D eigenvalue weighted by Gasteiger charge is -2.37. The lowest BCUT2D eigenvalue weighted by Crippen LogP contribution is -2.47. The van der Waals surface area contributed by atoms with Gasteiger partial charge in [0.1, 0.15) is 0 Å². The highest BCUT2D eigenvalue weighted by molar-refractivity contribution is 6.00. The van der Waals surface area contributed by atoms with Crippen molar-refractivity contribution in [3.63, 3.8) is 0 Å². The third kappa shape index (κ3) is 4.73. The predicted molar refractivity (Wildman–Crippen MR) is 110 cm³/mol. The number of benzene rings is 1. The molecule has 0 aromatic heterocycles. The summed E-state index contributed by atoms with van der Waals surface area (Å²) in [4.78, 5) is 28.4. The standard InChI is InChI=1S/C22H32N4O2/c27-21-6-5-20(22(28)24-21)18-1-3-19(4-2-18)26-15-13-25(14-16-26)12-9-17-7-10-23-11-8-17/h1-4,17,20,23H,5-16H2,(H,24,27,28). The largest absolute Gasteiger partial charge is 0.369 e. The van der Waals surface area contributed by atoms with E-state index < -0.39 is 0 Å². The van der Waals surface area contributed by atoms with Crippen molar-refractivity contribution < 1.29 is 9.59 Å². The molecule has 6 heteroatoms. The van der Waals surface area contributed by atoms with E-state index in [1.165, 1.54) is 44.6 Å². The monoisotopic (exact) mass is 384 g/mol. The van der Waals surface area contributed by atoms with Gasteiger partial charge in [-0.05, 0) is 68.9 Å². The van der Waals surface area contributed by atoms with Crippen molar-refractivity contribution in [1.82, 2.24) is 15.5 Å². The SMILES string of the molecule is O=C1CCC(c2ccc(N3CCN(CCC4CCNCC4)CC3)cc2)C(=O)N1. The first-order chi connectivity index (χ1) is 13.7. The summed E-state index contributed by atoms with van der Waals surface area (Å²) in [5.74, 6) is 0.389. The first-order valence-electron chi connectivity index (χ1n) is 10.8. The first kappa shape index (κ1) is 19.4. The molecule has 6 nitrogen and oxygen atoms in total. The molecule has 1 unspecified atom stereocenters. The Balaban J connectivity index is 1.25. The van der Waals surface area contributed by atoms with Crippen LogP contribution in [0.5, 0.6) is 0 Å². The second kappa shape index (κ2) is 9.05. The molecular formula is C22H32N4O2. The summed E-state index contributed by atoms with van der Waals surface area (Å²) in [6.45, 7) is 7.97. The van der Waals surface area contributed by atoms with Crippen molar-refractivity contribution in [3.8, 4) is 0 Å². The van der Waals surface area contributed by atoms with Crippen LogP contribution in [0, 0.1) is 5.92 Å². The van der Waals surface area contributed by atoms with E-state index in [1.807, 2.05) is 0 Å². The molecule has 0 radical (unpaired) electrons. The molecule has 4 rings (SSSR count). The Kier molecular flexibility index (Phi) is 6.27. The van der Waals surface area contributed by atoms with Crippen LogP contribution < -0.4 is 15.5 Å².